The summed E-state index contributed by atoms with van der Waals surface area (Å²) in [6, 6.07) is 8.07. The van der Waals surface area contributed by atoms with Crippen molar-refractivity contribution in [2.24, 2.45) is 12.0 Å². The van der Waals surface area contributed by atoms with Crippen molar-refractivity contribution in [1.29, 1.82) is 0 Å². The van der Waals surface area contributed by atoms with Gasteiger partial charge in [0, 0.05) is 50.5 Å². The Kier molecular flexibility index (Phi) is 10.5. The lowest BCUT2D eigenvalue weighted by molar-refractivity contribution is 0.371. The van der Waals surface area contributed by atoms with Gasteiger partial charge in [-0.2, -0.15) is 11.8 Å². The quantitative estimate of drug-likeness (QED) is 0.241. The number of thioether (sulfide) groups is 1. The predicted molar refractivity (Wildman–Crippen MR) is 139 cm³/mol. The number of halogens is 2. The summed E-state index contributed by atoms with van der Waals surface area (Å²) in [7, 11) is 1.98. The topological polar surface area (TPSA) is 61.6 Å². The van der Waals surface area contributed by atoms with Gasteiger partial charge in [0.15, 0.2) is 11.8 Å². The summed E-state index contributed by atoms with van der Waals surface area (Å²) in [6.45, 7) is 7.11. The van der Waals surface area contributed by atoms with Crippen LogP contribution >= 0.6 is 47.3 Å². The molecule has 2 heterocycles. The van der Waals surface area contributed by atoms with Crippen LogP contribution in [0.15, 0.2) is 29.3 Å². The molecule has 2 aromatic rings. The number of aliphatic imine (C=N–C) groups is 1. The van der Waals surface area contributed by atoms with Crippen LogP contribution in [0.2, 0.25) is 5.02 Å². The van der Waals surface area contributed by atoms with Gasteiger partial charge in [0.2, 0.25) is 0 Å². The summed E-state index contributed by atoms with van der Waals surface area (Å²) in [5, 5.41) is 12.7. The third kappa shape index (κ3) is 6.91. The zero-order valence-corrected chi connectivity index (χ0v) is 21.7. The maximum absolute atomic E-state index is 6.16. The molecule has 0 unspecified atom stereocenters. The van der Waals surface area contributed by atoms with Crippen LogP contribution in [0, 0.1) is 6.92 Å². The van der Waals surface area contributed by atoms with Crippen LogP contribution in [0.25, 0.3) is 0 Å². The molecule has 0 radical (unpaired) electrons. The van der Waals surface area contributed by atoms with E-state index in [1.807, 2.05) is 48.5 Å². The van der Waals surface area contributed by atoms with E-state index in [-0.39, 0.29) is 24.0 Å². The molecule has 0 spiro atoms. The zero-order valence-electron chi connectivity index (χ0n) is 17.8. The summed E-state index contributed by atoms with van der Waals surface area (Å²) < 4.78 is 1.99. The Morgan fingerprint density at radius 1 is 1.23 bits per heavy atom. The van der Waals surface area contributed by atoms with E-state index in [9.17, 15) is 0 Å². The van der Waals surface area contributed by atoms with Crippen molar-refractivity contribution in [3.63, 3.8) is 0 Å². The second-order valence-corrected chi connectivity index (χ2v) is 8.51. The average molecular weight is 564 g/mol. The molecule has 10 heteroatoms. The lowest BCUT2D eigenvalue weighted by atomic mass is 10.2. The highest BCUT2D eigenvalue weighted by Crippen LogP contribution is 2.20. The fraction of sp³-hybridized carbons (Fsp3) is 0.550. The number of rotatable bonds is 7. The minimum atomic E-state index is 0. The van der Waals surface area contributed by atoms with Gasteiger partial charge < -0.3 is 19.7 Å². The third-order valence-corrected chi connectivity index (χ3v) is 6.05. The number of hydrogen-bond donors (Lipinski definition) is 1. The fourth-order valence-corrected chi connectivity index (χ4v) is 3.89. The Bertz CT molecular complexity index is 821. The number of hydrogen-bond acceptors (Lipinski definition) is 5. The van der Waals surface area contributed by atoms with Crippen molar-refractivity contribution in [2.45, 2.75) is 19.9 Å². The van der Waals surface area contributed by atoms with Crippen LogP contribution in [-0.2, 0) is 13.6 Å². The van der Waals surface area contributed by atoms with E-state index in [4.69, 9.17) is 16.6 Å². The van der Waals surface area contributed by atoms with Crippen molar-refractivity contribution >= 4 is 59.0 Å². The fourth-order valence-electron chi connectivity index (χ4n) is 3.27. The summed E-state index contributed by atoms with van der Waals surface area (Å²) in [6.07, 6.45) is 3.26. The average Bonchev–Trinajstić information content (AvgIpc) is 3.05. The molecule has 7 nitrogen and oxygen atoms in total. The highest BCUT2D eigenvalue weighted by Gasteiger charge is 2.20. The van der Waals surface area contributed by atoms with E-state index in [2.05, 4.69) is 37.6 Å². The Labute approximate surface area is 205 Å². The van der Waals surface area contributed by atoms with Gasteiger partial charge in [-0.1, -0.05) is 17.7 Å². The number of aryl methyl sites for hydroxylation is 1. The van der Waals surface area contributed by atoms with Gasteiger partial charge in [0.05, 0.1) is 0 Å². The van der Waals surface area contributed by atoms with Crippen LogP contribution in [-0.4, -0.2) is 70.4 Å². The van der Waals surface area contributed by atoms with Crippen LogP contribution in [0.3, 0.4) is 0 Å². The van der Waals surface area contributed by atoms with Crippen molar-refractivity contribution < 1.29 is 0 Å². The number of anilines is 1. The second kappa shape index (κ2) is 12.6. The van der Waals surface area contributed by atoms with Crippen LogP contribution in [0.4, 0.5) is 5.69 Å². The molecule has 0 amide bonds. The molecule has 0 atom stereocenters. The largest absolute Gasteiger partial charge is 0.368 e. The van der Waals surface area contributed by atoms with Crippen molar-refractivity contribution in [3.05, 3.63) is 40.9 Å². The van der Waals surface area contributed by atoms with E-state index >= 15 is 0 Å². The second-order valence-electron chi connectivity index (χ2n) is 7.09. The molecule has 1 saturated heterocycles. The van der Waals surface area contributed by atoms with Gasteiger partial charge in [-0.25, -0.2) is 4.99 Å². The molecule has 1 aromatic carbocycles. The number of piperazine rings is 1. The van der Waals surface area contributed by atoms with Crippen molar-refractivity contribution in [3.8, 4) is 0 Å². The van der Waals surface area contributed by atoms with Gasteiger partial charge in [-0.05, 0) is 43.6 Å². The van der Waals surface area contributed by atoms with Crippen molar-refractivity contribution in [1.82, 2.24) is 25.0 Å². The summed E-state index contributed by atoms with van der Waals surface area (Å²) in [4.78, 5) is 9.57. The summed E-state index contributed by atoms with van der Waals surface area (Å²) in [5.74, 6) is 3.88. The first-order valence-corrected chi connectivity index (χ1v) is 11.7. The maximum Gasteiger partial charge on any atom is 0.194 e. The molecule has 0 aliphatic carbocycles. The predicted octanol–water partition coefficient (Wildman–Crippen LogP) is 3.42. The first-order chi connectivity index (χ1) is 14.1. The lowest BCUT2D eigenvalue weighted by Crippen LogP contribution is -2.52. The van der Waals surface area contributed by atoms with E-state index in [0.29, 0.717) is 6.54 Å². The number of aromatic nitrogens is 3. The summed E-state index contributed by atoms with van der Waals surface area (Å²) >= 11 is 8.03. The monoisotopic (exact) mass is 563 g/mol. The molecular weight excluding hydrogens is 533 g/mol. The minimum Gasteiger partial charge on any atom is -0.368 e. The van der Waals surface area contributed by atoms with Gasteiger partial charge in [-0.15, -0.1) is 34.2 Å². The molecular formula is C20H31ClIN7S. The maximum atomic E-state index is 6.16. The lowest BCUT2D eigenvalue weighted by Gasteiger charge is -2.37. The standard InChI is InChI=1S/C20H30ClN7S.HI/c1-16-24-25-19(26(16)2)15-23-20(22-8-5-13-29-3)28-11-9-27(10-12-28)18-7-4-6-17(21)14-18;/h4,6-7,14H,5,8-13,15H2,1-3H3,(H,22,23);1H. The molecule has 166 valence electrons. The minimum absolute atomic E-state index is 0. The molecule has 30 heavy (non-hydrogen) atoms. The number of guanidine groups is 1. The molecule has 1 fully saturated rings. The third-order valence-electron chi connectivity index (χ3n) is 5.11. The molecule has 1 aromatic heterocycles. The van der Waals surface area contributed by atoms with Crippen LogP contribution in [0.1, 0.15) is 18.1 Å². The SMILES string of the molecule is CSCCCNC(=NCc1nnc(C)n1C)N1CCN(c2cccc(Cl)c2)CC1.I. The Morgan fingerprint density at radius 2 is 2.00 bits per heavy atom. The first-order valence-electron chi connectivity index (χ1n) is 9.96. The van der Waals surface area contributed by atoms with E-state index in [0.717, 1.165) is 67.5 Å². The van der Waals surface area contributed by atoms with Crippen molar-refractivity contribution in [2.75, 3.05) is 49.6 Å². The molecule has 1 N–H and O–H groups in total. The molecule has 3 rings (SSSR count). The molecule has 0 bridgehead atoms. The summed E-state index contributed by atoms with van der Waals surface area (Å²) in [5.41, 5.74) is 1.18. The van der Waals surface area contributed by atoms with Gasteiger partial charge in [0.1, 0.15) is 12.4 Å². The molecule has 1 aliphatic rings. The molecule has 1 aliphatic heterocycles. The Morgan fingerprint density at radius 3 is 2.63 bits per heavy atom. The highest BCUT2D eigenvalue weighted by molar-refractivity contribution is 14.0. The van der Waals surface area contributed by atoms with Gasteiger partial charge in [0.25, 0.3) is 0 Å². The van der Waals surface area contributed by atoms with E-state index in [1.54, 1.807) is 0 Å². The van der Waals surface area contributed by atoms with E-state index < -0.39 is 0 Å². The number of benzene rings is 1. The van der Waals surface area contributed by atoms with Gasteiger partial charge in [-0.3, -0.25) is 0 Å². The first kappa shape index (κ1) is 25.1. The Hall–Kier alpha value is -1.20. The number of nitrogens with one attached hydrogen (secondary N) is 1. The zero-order chi connectivity index (χ0) is 20.6. The van der Waals surface area contributed by atoms with E-state index in [1.165, 1.54) is 5.69 Å². The Balaban J connectivity index is 0.00000320. The normalized spacial score (nSPS) is 14.6. The van der Waals surface area contributed by atoms with Gasteiger partial charge >= 0.3 is 0 Å². The highest BCUT2D eigenvalue weighted by atomic mass is 127. The van der Waals surface area contributed by atoms with Crippen LogP contribution < -0.4 is 10.2 Å². The van der Waals surface area contributed by atoms with Crippen LogP contribution in [0.5, 0.6) is 0 Å². The number of nitrogens with zero attached hydrogens (tertiary/aromatic N) is 6. The molecule has 0 saturated carbocycles. The smallest absolute Gasteiger partial charge is 0.194 e.